The molecule has 0 amide bonds. The summed E-state index contributed by atoms with van der Waals surface area (Å²) in [4.78, 5) is 0. The third kappa shape index (κ3) is 0.423. The van der Waals surface area contributed by atoms with E-state index in [4.69, 9.17) is 0 Å². The minimum absolute atomic E-state index is 0.366. The molecule has 0 saturated heterocycles. The van der Waals surface area contributed by atoms with Crippen molar-refractivity contribution in [2.45, 2.75) is 25.9 Å². The lowest BCUT2D eigenvalue weighted by Crippen LogP contribution is -2.23. The molecule has 1 unspecified atom stereocenters. The van der Waals surface area contributed by atoms with Gasteiger partial charge in [-0.2, -0.15) is 0 Å². The predicted octanol–water partition coefficient (Wildman–Crippen LogP) is 1.75. The molecule has 1 rings (SSSR count). The highest BCUT2D eigenvalue weighted by Crippen LogP contribution is 2.28. The molecule has 2 atom stereocenters. The fourth-order valence-corrected chi connectivity index (χ4v) is 0.626. The van der Waals surface area contributed by atoms with Crippen molar-refractivity contribution in [1.82, 2.24) is 0 Å². The maximum absolute atomic E-state index is 11.9. The molecule has 1 aliphatic rings. The molecule has 1 aliphatic carbocycles. The zero-order chi connectivity index (χ0) is 4.57. The Morgan fingerprint density at radius 2 is 2.00 bits per heavy atom. The normalized spacial score (nSPS) is 45.0. The summed E-state index contributed by atoms with van der Waals surface area (Å²) >= 11 is 0. The summed E-state index contributed by atoms with van der Waals surface area (Å²) < 4.78 is 11.9. The van der Waals surface area contributed by atoms with E-state index < -0.39 is 6.17 Å². The summed E-state index contributed by atoms with van der Waals surface area (Å²) in [7, 11) is 0. The van der Waals surface area contributed by atoms with Crippen LogP contribution in [0.2, 0.25) is 0 Å². The molecular weight excluding hydrogens is 79.1 g/mol. The van der Waals surface area contributed by atoms with Crippen LogP contribution in [-0.2, 0) is 0 Å². The summed E-state index contributed by atoms with van der Waals surface area (Å²) in [5.41, 5.74) is 0. The molecule has 0 heterocycles. The van der Waals surface area contributed by atoms with E-state index in [0.29, 0.717) is 5.92 Å². The minimum atomic E-state index is -0.468. The molecule has 0 bridgehead atoms. The Morgan fingerprint density at radius 1 is 1.50 bits per heavy atom. The van der Waals surface area contributed by atoms with E-state index >= 15 is 0 Å². The van der Waals surface area contributed by atoms with E-state index in [2.05, 4.69) is 0 Å². The smallest absolute Gasteiger partial charge is 0.103 e. The van der Waals surface area contributed by atoms with Gasteiger partial charge in [0.2, 0.25) is 0 Å². The van der Waals surface area contributed by atoms with Crippen LogP contribution in [0, 0.1) is 5.92 Å². The average Bonchev–Trinajstić information content (AvgIpc) is 1.61. The van der Waals surface area contributed by atoms with E-state index in [9.17, 15) is 4.39 Å². The third-order valence-corrected chi connectivity index (χ3v) is 1.52. The molecule has 0 nitrogen and oxygen atoms in total. The molecule has 0 aromatic heterocycles. The van der Waals surface area contributed by atoms with Gasteiger partial charge in [-0.05, 0) is 18.8 Å². The van der Waals surface area contributed by atoms with Crippen molar-refractivity contribution in [2.75, 3.05) is 0 Å². The lowest BCUT2D eigenvalue weighted by atomic mass is 9.85. The zero-order valence-corrected chi connectivity index (χ0v) is 3.95. The highest BCUT2D eigenvalue weighted by Gasteiger charge is 2.25. The van der Waals surface area contributed by atoms with E-state index in [1.807, 2.05) is 6.92 Å². The fourth-order valence-electron chi connectivity index (χ4n) is 0.626. The van der Waals surface area contributed by atoms with E-state index in [0.717, 1.165) is 12.8 Å². The van der Waals surface area contributed by atoms with Gasteiger partial charge in [-0.3, -0.25) is 0 Å². The fraction of sp³-hybridized carbons (Fsp3) is 1.00. The van der Waals surface area contributed by atoms with Crippen molar-refractivity contribution in [2.24, 2.45) is 5.92 Å². The lowest BCUT2D eigenvalue weighted by Gasteiger charge is -2.25. The first-order valence-corrected chi connectivity index (χ1v) is 2.45. The van der Waals surface area contributed by atoms with Gasteiger partial charge in [-0.25, -0.2) is 4.39 Å². The Balaban J connectivity index is 2.20. The topological polar surface area (TPSA) is 0 Å². The predicted molar refractivity (Wildman–Crippen MR) is 23.3 cm³/mol. The summed E-state index contributed by atoms with van der Waals surface area (Å²) in [5.74, 6) is 0.366. The molecular formula is C5H9F. The molecule has 0 radical (unpaired) electrons. The van der Waals surface area contributed by atoms with Crippen molar-refractivity contribution in [1.29, 1.82) is 0 Å². The second-order valence-electron chi connectivity index (χ2n) is 2.07. The first kappa shape index (κ1) is 4.10. The van der Waals surface area contributed by atoms with Gasteiger partial charge in [-0.1, -0.05) is 6.92 Å². The second-order valence-corrected chi connectivity index (χ2v) is 2.07. The molecule has 0 N–H and O–H groups in total. The molecule has 1 saturated carbocycles. The molecule has 0 aliphatic heterocycles. The molecule has 0 aromatic carbocycles. The number of alkyl halides is 1. The number of rotatable bonds is 0. The highest BCUT2D eigenvalue weighted by atomic mass is 19.1. The summed E-state index contributed by atoms with van der Waals surface area (Å²) in [6.07, 6.45) is 1.44. The summed E-state index contributed by atoms with van der Waals surface area (Å²) in [5, 5.41) is 0. The van der Waals surface area contributed by atoms with Gasteiger partial charge in [0.25, 0.3) is 0 Å². The van der Waals surface area contributed by atoms with Crippen LogP contribution in [0.3, 0.4) is 0 Å². The average molecular weight is 88.1 g/mol. The Bertz CT molecular complexity index is 43.9. The van der Waals surface area contributed by atoms with Gasteiger partial charge >= 0.3 is 0 Å². The summed E-state index contributed by atoms with van der Waals surface area (Å²) in [6.45, 7) is 1.95. The van der Waals surface area contributed by atoms with Crippen LogP contribution in [0.15, 0.2) is 0 Å². The van der Waals surface area contributed by atoms with Crippen LogP contribution in [0.25, 0.3) is 0 Å². The van der Waals surface area contributed by atoms with Gasteiger partial charge in [-0.15, -0.1) is 0 Å². The van der Waals surface area contributed by atoms with Crippen molar-refractivity contribution in [3.8, 4) is 0 Å². The van der Waals surface area contributed by atoms with Gasteiger partial charge < -0.3 is 0 Å². The number of hydrogen-bond acceptors (Lipinski definition) is 0. The zero-order valence-electron chi connectivity index (χ0n) is 3.95. The standard InChI is InChI=1S/C5H9F/c1-4-2-3-5(4)6/h4-5H,2-3H2,1H3/t4?,5-/m0/s1. The quantitative estimate of drug-likeness (QED) is 0.423. The SMILES string of the molecule is CC1CC[C@@H]1F. The molecule has 1 heteroatoms. The largest absolute Gasteiger partial charge is 0.247 e. The monoisotopic (exact) mass is 88.1 g/mol. The van der Waals surface area contributed by atoms with E-state index in [-0.39, 0.29) is 0 Å². The second kappa shape index (κ2) is 1.21. The number of hydrogen-bond donors (Lipinski definition) is 0. The molecule has 0 aromatic rings. The summed E-state index contributed by atoms with van der Waals surface area (Å²) in [6, 6.07) is 0. The van der Waals surface area contributed by atoms with Crippen LogP contribution in [0.1, 0.15) is 19.8 Å². The molecule has 0 spiro atoms. The molecule has 36 valence electrons. The maximum atomic E-state index is 11.9. The van der Waals surface area contributed by atoms with E-state index in [1.54, 1.807) is 0 Å². The Kier molecular flexibility index (Phi) is 0.827. The van der Waals surface area contributed by atoms with Crippen LogP contribution >= 0.6 is 0 Å². The number of halogens is 1. The lowest BCUT2D eigenvalue weighted by molar-refractivity contribution is 0.128. The van der Waals surface area contributed by atoms with Crippen molar-refractivity contribution in [3.63, 3.8) is 0 Å². The maximum Gasteiger partial charge on any atom is 0.103 e. The Labute approximate surface area is 37.4 Å². The molecule has 1 fully saturated rings. The highest BCUT2D eigenvalue weighted by molar-refractivity contribution is 4.75. The van der Waals surface area contributed by atoms with E-state index in [1.165, 1.54) is 0 Å². The van der Waals surface area contributed by atoms with Crippen LogP contribution in [-0.4, -0.2) is 6.17 Å². The van der Waals surface area contributed by atoms with Gasteiger partial charge in [0.05, 0.1) is 0 Å². The van der Waals surface area contributed by atoms with Crippen LogP contribution in [0.4, 0.5) is 4.39 Å². The van der Waals surface area contributed by atoms with Crippen molar-refractivity contribution >= 4 is 0 Å². The Morgan fingerprint density at radius 3 is 2.00 bits per heavy atom. The van der Waals surface area contributed by atoms with Gasteiger partial charge in [0.15, 0.2) is 0 Å². The molecule has 6 heavy (non-hydrogen) atoms. The Hall–Kier alpha value is -0.0700. The first-order valence-electron chi connectivity index (χ1n) is 2.45. The first-order chi connectivity index (χ1) is 2.80. The minimum Gasteiger partial charge on any atom is -0.247 e. The van der Waals surface area contributed by atoms with Gasteiger partial charge in [0.1, 0.15) is 6.17 Å². The van der Waals surface area contributed by atoms with Crippen LogP contribution in [0.5, 0.6) is 0 Å². The van der Waals surface area contributed by atoms with Crippen molar-refractivity contribution < 1.29 is 4.39 Å². The van der Waals surface area contributed by atoms with Crippen LogP contribution < -0.4 is 0 Å². The van der Waals surface area contributed by atoms with Crippen molar-refractivity contribution in [3.05, 3.63) is 0 Å². The third-order valence-electron chi connectivity index (χ3n) is 1.52. The van der Waals surface area contributed by atoms with Gasteiger partial charge in [0, 0.05) is 0 Å².